The van der Waals surface area contributed by atoms with Crippen LogP contribution in [0, 0.1) is 18.2 Å². The number of nitrogen functional groups attached to an aromatic ring is 1. The Morgan fingerprint density at radius 1 is 1.19 bits per heavy atom. The van der Waals surface area contributed by atoms with E-state index in [4.69, 9.17) is 20.6 Å². The molecular weight excluding hydrogens is 465 g/mol. The first-order chi connectivity index (χ1) is 17.4. The molecule has 1 unspecified atom stereocenters. The minimum atomic E-state index is -0.671. The molecule has 4 N–H and O–H groups in total. The van der Waals surface area contributed by atoms with Crippen molar-refractivity contribution in [1.82, 2.24) is 24.7 Å². The number of nitrogens with two attached hydrogens (primary N) is 1. The van der Waals surface area contributed by atoms with Crippen LogP contribution < -0.4 is 16.2 Å². The number of H-pyrrole nitrogens is 1. The molecule has 4 rings (SSSR count). The van der Waals surface area contributed by atoms with E-state index in [1.165, 1.54) is 19.5 Å². The summed E-state index contributed by atoms with van der Waals surface area (Å²) in [5.74, 6) is -0.832. The molecule has 0 radical (unpaired) electrons. The molecule has 2 aromatic carbocycles. The Kier molecular flexibility index (Phi) is 7.50. The highest BCUT2D eigenvalue weighted by atomic mass is 19.1. The van der Waals surface area contributed by atoms with E-state index in [1.807, 2.05) is 19.1 Å². The second-order valence-electron chi connectivity index (χ2n) is 8.15. The molecule has 11 heteroatoms. The van der Waals surface area contributed by atoms with Gasteiger partial charge in [0, 0.05) is 30.6 Å². The number of hydrogen-bond donors (Lipinski definition) is 3. The van der Waals surface area contributed by atoms with E-state index < -0.39 is 17.4 Å². The highest BCUT2D eigenvalue weighted by Crippen LogP contribution is 2.33. The lowest BCUT2D eigenvalue weighted by Crippen LogP contribution is -2.18. The summed E-state index contributed by atoms with van der Waals surface area (Å²) in [6.07, 6.45) is 3.31. The zero-order chi connectivity index (χ0) is 25.7. The number of aromatic amines is 1. The van der Waals surface area contributed by atoms with Gasteiger partial charge in [0.15, 0.2) is 11.6 Å². The standard InChI is InChI=1S/C25H26FN7O3/c1-15-12-18(21(26)20(13-15)36-11-10-35-2)19(14-16-4-6-17(7-5-16)22(27)28)23-31-25(34)33(32-23)24-29-8-3-9-30-24/h3-9,12-13,19H,10-11,14H2,1-2H3,(H3,27,28)(H,31,32,34). The monoisotopic (exact) mass is 491 g/mol. The van der Waals surface area contributed by atoms with Gasteiger partial charge in [0.1, 0.15) is 18.3 Å². The predicted octanol–water partition coefficient (Wildman–Crippen LogP) is 2.48. The maximum absolute atomic E-state index is 15.8. The van der Waals surface area contributed by atoms with Crippen molar-refractivity contribution in [3.05, 3.63) is 99.2 Å². The number of nitrogens with zero attached hydrogens (tertiary/aromatic N) is 4. The smallest absolute Gasteiger partial charge is 0.350 e. The maximum atomic E-state index is 15.8. The third-order valence-electron chi connectivity index (χ3n) is 5.54. The highest BCUT2D eigenvalue weighted by Gasteiger charge is 2.26. The largest absolute Gasteiger partial charge is 0.488 e. The lowest BCUT2D eigenvalue weighted by molar-refractivity contribution is 0.143. The Hall–Kier alpha value is -4.38. The third kappa shape index (κ3) is 5.47. The summed E-state index contributed by atoms with van der Waals surface area (Å²) in [6, 6.07) is 12.0. The number of halogens is 1. The Balaban J connectivity index is 1.79. The van der Waals surface area contributed by atoms with Crippen LogP contribution in [0.25, 0.3) is 5.95 Å². The number of aromatic nitrogens is 5. The number of ether oxygens (including phenoxy) is 2. The van der Waals surface area contributed by atoms with Gasteiger partial charge in [-0.25, -0.2) is 19.2 Å². The first-order valence-corrected chi connectivity index (χ1v) is 11.2. The van der Waals surface area contributed by atoms with E-state index in [0.717, 1.165) is 15.8 Å². The van der Waals surface area contributed by atoms with Crippen LogP contribution in [-0.4, -0.2) is 50.9 Å². The molecule has 0 amide bonds. The quantitative estimate of drug-likeness (QED) is 0.176. The van der Waals surface area contributed by atoms with Crippen molar-refractivity contribution in [2.45, 2.75) is 19.3 Å². The van der Waals surface area contributed by atoms with E-state index in [9.17, 15) is 4.79 Å². The van der Waals surface area contributed by atoms with E-state index in [2.05, 4.69) is 20.1 Å². The average molecular weight is 492 g/mol. The molecule has 0 saturated carbocycles. The second-order valence-corrected chi connectivity index (χ2v) is 8.15. The Morgan fingerprint density at radius 2 is 1.92 bits per heavy atom. The SMILES string of the molecule is COCCOc1cc(C)cc(C(Cc2ccc(C(=N)N)cc2)c2nn(-c3ncccn3)c(=O)[nH]2)c1F. The summed E-state index contributed by atoms with van der Waals surface area (Å²) >= 11 is 0. The Morgan fingerprint density at radius 3 is 2.58 bits per heavy atom. The van der Waals surface area contributed by atoms with Crippen LogP contribution in [0.15, 0.2) is 59.7 Å². The molecular formula is C25H26FN7O3. The fourth-order valence-corrected chi connectivity index (χ4v) is 3.80. The third-order valence-corrected chi connectivity index (χ3v) is 5.54. The summed E-state index contributed by atoms with van der Waals surface area (Å²) in [6.45, 7) is 2.33. The van der Waals surface area contributed by atoms with Crippen LogP contribution in [-0.2, 0) is 11.2 Å². The van der Waals surface area contributed by atoms with Crippen molar-refractivity contribution >= 4 is 5.84 Å². The van der Waals surface area contributed by atoms with Crippen molar-refractivity contribution in [2.75, 3.05) is 20.3 Å². The molecule has 36 heavy (non-hydrogen) atoms. The van der Waals surface area contributed by atoms with Gasteiger partial charge >= 0.3 is 5.69 Å². The Labute approximate surface area is 206 Å². The number of rotatable bonds is 10. The van der Waals surface area contributed by atoms with Gasteiger partial charge in [0.25, 0.3) is 5.95 Å². The number of amidine groups is 1. The molecule has 1 atom stereocenters. The first-order valence-electron chi connectivity index (χ1n) is 11.2. The van der Waals surface area contributed by atoms with Gasteiger partial charge in [-0.1, -0.05) is 30.3 Å². The van der Waals surface area contributed by atoms with Gasteiger partial charge < -0.3 is 15.2 Å². The van der Waals surface area contributed by atoms with Crippen molar-refractivity contribution in [1.29, 1.82) is 5.41 Å². The van der Waals surface area contributed by atoms with Gasteiger partial charge in [-0.05, 0) is 36.6 Å². The normalized spacial score (nSPS) is 11.9. The summed E-state index contributed by atoms with van der Waals surface area (Å²) in [5.41, 5.74) is 7.53. The van der Waals surface area contributed by atoms with Crippen LogP contribution in [0.2, 0.25) is 0 Å². The minimum absolute atomic E-state index is 0.0494. The molecule has 0 spiro atoms. The molecule has 2 heterocycles. The van der Waals surface area contributed by atoms with Gasteiger partial charge in [-0.3, -0.25) is 10.4 Å². The average Bonchev–Trinajstić information content (AvgIpc) is 3.26. The first kappa shape index (κ1) is 24.7. The van der Waals surface area contributed by atoms with Crippen LogP contribution in [0.4, 0.5) is 4.39 Å². The topological polar surface area (TPSA) is 145 Å². The van der Waals surface area contributed by atoms with Crippen molar-refractivity contribution in [3.63, 3.8) is 0 Å². The van der Waals surface area contributed by atoms with E-state index in [-0.39, 0.29) is 30.0 Å². The van der Waals surface area contributed by atoms with Crippen LogP contribution in [0.3, 0.4) is 0 Å². The molecule has 2 aromatic heterocycles. The molecule has 0 aliphatic heterocycles. The lowest BCUT2D eigenvalue weighted by Gasteiger charge is -2.19. The number of nitrogens with one attached hydrogen (secondary N) is 2. The zero-order valence-electron chi connectivity index (χ0n) is 19.9. The minimum Gasteiger partial charge on any atom is -0.488 e. The van der Waals surface area contributed by atoms with Gasteiger partial charge in [-0.2, -0.15) is 0 Å². The summed E-state index contributed by atoms with van der Waals surface area (Å²) in [4.78, 5) is 23.7. The summed E-state index contributed by atoms with van der Waals surface area (Å²) in [5, 5.41) is 12.0. The second kappa shape index (κ2) is 10.9. The molecule has 186 valence electrons. The van der Waals surface area contributed by atoms with Gasteiger partial charge in [0.05, 0.1) is 12.5 Å². The fraction of sp³-hybridized carbons (Fsp3) is 0.240. The van der Waals surface area contributed by atoms with E-state index in [1.54, 1.807) is 30.3 Å². The molecule has 4 aromatic rings. The maximum Gasteiger partial charge on any atom is 0.350 e. The highest BCUT2D eigenvalue weighted by molar-refractivity contribution is 5.94. The number of hydrogen-bond acceptors (Lipinski definition) is 7. The van der Waals surface area contributed by atoms with E-state index >= 15 is 4.39 Å². The summed E-state index contributed by atoms with van der Waals surface area (Å²) < 4.78 is 27.4. The molecule has 0 aliphatic rings. The van der Waals surface area contributed by atoms with Crippen molar-refractivity contribution in [2.24, 2.45) is 5.73 Å². The van der Waals surface area contributed by atoms with Crippen molar-refractivity contribution < 1.29 is 13.9 Å². The van der Waals surface area contributed by atoms with E-state index in [0.29, 0.717) is 24.2 Å². The van der Waals surface area contributed by atoms with Crippen LogP contribution >= 0.6 is 0 Å². The van der Waals surface area contributed by atoms with Gasteiger partial charge in [-0.15, -0.1) is 9.78 Å². The lowest BCUT2D eigenvalue weighted by atomic mass is 9.89. The number of methoxy groups -OCH3 is 1. The van der Waals surface area contributed by atoms with Gasteiger partial charge in [0.2, 0.25) is 0 Å². The Bertz CT molecular complexity index is 1400. The molecule has 10 nitrogen and oxygen atoms in total. The molecule has 0 saturated heterocycles. The zero-order valence-corrected chi connectivity index (χ0v) is 19.9. The van der Waals surface area contributed by atoms with Crippen LogP contribution in [0.5, 0.6) is 5.75 Å². The van der Waals surface area contributed by atoms with Crippen LogP contribution in [0.1, 0.15) is 34.0 Å². The molecule has 0 aliphatic carbocycles. The fourth-order valence-electron chi connectivity index (χ4n) is 3.80. The summed E-state index contributed by atoms with van der Waals surface area (Å²) in [7, 11) is 1.54. The predicted molar refractivity (Wildman–Crippen MR) is 131 cm³/mol. The molecule has 0 fully saturated rings. The molecule has 0 bridgehead atoms. The van der Waals surface area contributed by atoms with Crippen molar-refractivity contribution in [3.8, 4) is 11.7 Å². The number of benzene rings is 2. The number of aryl methyl sites for hydroxylation is 1.